The number of carbonyl (C=O) groups is 1. The summed E-state index contributed by atoms with van der Waals surface area (Å²) in [6.07, 6.45) is 0.894. The fourth-order valence-electron chi connectivity index (χ4n) is 4.01. The van der Waals surface area contributed by atoms with Gasteiger partial charge in [0.2, 0.25) is 0 Å². The largest absolute Gasteiger partial charge is 0.390 e. The molecule has 4 atom stereocenters. The molecule has 26 heavy (non-hydrogen) atoms. The molecule has 1 saturated heterocycles. The Bertz CT molecular complexity index is 594. The molecule has 1 heterocycles. The number of fused-ring (bicyclic) bond motifs is 1. The van der Waals surface area contributed by atoms with Crippen molar-refractivity contribution in [3.8, 4) is 0 Å². The molecule has 2 amide bonds. The van der Waals surface area contributed by atoms with Gasteiger partial charge >= 0.3 is 6.03 Å². The van der Waals surface area contributed by atoms with E-state index in [1.807, 2.05) is 16.7 Å². The molecular weight excluding hydrogens is 348 g/mol. The quantitative estimate of drug-likeness (QED) is 0.665. The van der Waals surface area contributed by atoms with Crippen molar-refractivity contribution in [1.82, 2.24) is 10.2 Å². The standard InChI is InChI=1S/C20H30N2O3S/c1-14-5-2-3-6-15(14)13-26-8-4-7-21-20(25)22-11-16-9-18(23)19(24)10-17(16)12-22/h2-3,5-6,16-19,23-24H,4,7-13H2,1H3,(H,21,25)/t16-,17+,18+,19-. The zero-order chi connectivity index (χ0) is 18.5. The number of nitrogens with zero attached hydrogens (tertiary/aromatic N) is 1. The molecular formula is C20H30N2O3S. The molecule has 0 unspecified atom stereocenters. The minimum atomic E-state index is -0.635. The zero-order valence-corrected chi connectivity index (χ0v) is 16.3. The first-order valence-corrected chi connectivity index (χ1v) is 10.7. The molecule has 6 heteroatoms. The van der Waals surface area contributed by atoms with Gasteiger partial charge in [-0.3, -0.25) is 0 Å². The molecule has 3 rings (SSSR count). The van der Waals surface area contributed by atoms with Crippen LogP contribution in [0.4, 0.5) is 4.79 Å². The highest BCUT2D eigenvalue weighted by molar-refractivity contribution is 7.98. The Morgan fingerprint density at radius 1 is 1.19 bits per heavy atom. The number of hydrogen-bond donors (Lipinski definition) is 3. The molecule has 1 aliphatic carbocycles. The van der Waals surface area contributed by atoms with Crippen molar-refractivity contribution in [3.63, 3.8) is 0 Å². The van der Waals surface area contributed by atoms with Gasteiger partial charge in [0.25, 0.3) is 0 Å². The molecule has 1 aromatic rings. The van der Waals surface area contributed by atoms with Crippen molar-refractivity contribution in [3.05, 3.63) is 35.4 Å². The third-order valence-electron chi connectivity index (χ3n) is 5.66. The van der Waals surface area contributed by atoms with Crippen molar-refractivity contribution < 1.29 is 15.0 Å². The minimum Gasteiger partial charge on any atom is -0.390 e. The van der Waals surface area contributed by atoms with Crippen LogP contribution >= 0.6 is 11.8 Å². The summed E-state index contributed by atoms with van der Waals surface area (Å²) in [5, 5.41) is 22.6. The van der Waals surface area contributed by atoms with Crippen LogP contribution in [0.25, 0.3) is 0 Å². The molecule has 5 nitrogen and oxygen atoms in total. The van der Waals surface area contributed by atoms with E-state index in [0.29, 0.717) is 44.3 Å². The van der Waals surface area contributed by atoms with Gasteiger partial charge in [0.15, 0.2) is 0 Å². The van der Waals surface area contributed by atoms with E-state index in [4.69, 9.17) is 0 Å². The first-order chi connectivity index (χ1) is 12.5. The fraction of sp³-hybridized carbons (Fsp3) is 0.650. The summed E-state index contributed by atoms with van der Waals surface area (Å²) in [4.78, 5) is 14.2. The predicted molar refractivity (Wildman–Crippen MR) is 105 cm³/mol. The third-order valence-corrected chi connectivity index (χ3v) is 6.75. The summed E-state index contributed by atoms with van der Waals surface area (Å²) in [6.45, 7) is 4.23. The lowest BCUT2D eigenvalue weighted by molar-refractivity contribution is -0.0372. The molecule has 1 aliphatic heterocycles. The molecule has 1 aromatic carbocycles. The Kier molecular flexibility index (Phi) is 6.84. The van der Waals surface area contributed by atoms with Crippen molar-refractivity contribution >= 4 is 17.8 Å². The number of nitrogens with one attached hydrogen (secondary N) is 1. The van der Waals surface area contributed by atoms with Gasteiger partial charge in [-0.2, -0.15) is 11.8 Å². The molecule has 2 aliphatic rings. The number of aryl methyl sites for hydroxylation is 1. The number of benzene rings is 1. The van der Waals surface area contributed by atoms with Crippen LogP contribution in [0.1, 0.15) is 30.4 Å². The number of hydrogen-bond acceptors (Lipinski definition) is 4. The van der Waals surface area contributed by atoms with Gasteiger partial charge in [-0.05, 0) is 54.9 Å². The van der Waals surface area contributed by atoms with Crippen molar-refractivity contribution in [2.45, 2.75) is 44.1 Å². The van der Waals surface area contributed by atoms with Gasteiger partial charge in [-0.15, -0.1) is 0 Å². The maximum atomic E-state index is 12.3. The Labute approximate surface area is 160 Å². The Balaban J connectivity index is 1.31. The summed E-state index contributed by atoms with van der Waals surface area (Å²) < 4.78 is 0. The third kappa shape index (κ3) is 4.93. The lowest BCUT2D eigenvalue weighted by atomic mass is 9.79. The van der Waals surface area contributed by atoms with Gasteiger partial charge < -0.3 is 20.4 Å². The number of aliphatic hydroxyl groups is 2. The number of rotatable bonds is 6. The highest BCUT2D eigenvalue weighted by Crippen LogP contribution is 2.36. The van der Waals surface area contributed by atoms with Crippen LogP contribution in [0, 0.1) is 18.8 Å². The molecule has 3 N–H and O–H groups in total. The lowest BCUT2D eigenvalue weighted by Crippen LogP contribution is -2.39. The topological polar surface area (TPSA) is 72.8 Å². The van der Waals surface area contributed by atoms with Gasteiger partial charge in [-0.1, -0.05) is 24.3 Å². The van der Waals surface area contributed by atoms with Crippen molar-refractivity contribution in [2.75, 3.05) is 25.4 Å². The predicted octanol–water partition coefficient (Wildman–Crippen LogP) is 2.39. The van der Waals surface area contributed by atoms with E-state index < -0.39 is 12.2 Å². The van der Waals surface area contributed by atoms with E-state index in [1.165, 1.54) is 11.1 Å². The zero-order valence-electron chi connectivity index (χ0n) is 15.4. The number of carbonyl (C=O) groups excluding carboxylic acids is 1. The first kappa shape index (κ1) is 19.5. The SMILES string of the molecule is Cc1ccccc1CSCCCNC(=O)N1C[C@H]2C[C@H](O)[C@H](O)C[C@H]2C1. The smallest absolute Gasteiger partial charge is 0.317 e. The molecule has 0 spiro atoms. The summed E-state index contributed by atoms with van der Waals surface area (Å²) in [5.74, 6) is 2.69. The second-order valence-electron chi connectivity index (χ2n) is 7.60. The van der Waals surface area contributed by atoms with Crippen LogP contribution in [0.5, 0.6) is 0 Å². The number of likely N-dealkylation sites (tertiary alicyclic amines) is 1. The van der Waals surface area contributed by atoms with Crippen LogP contribution in [0.3, 0.4) is 0 Å². The first-order valence-electron chi connectivity index (χ1n) is 9.55. The Morgan fingerprint density at radius 3 is 2.50 bits per heavy atom. The van der Waals surface area contributed by atoms with E-state index in [2.05, 4.69) is 36.5 Å². The monoisotopic (exact) mass is 378 g/mol. The second kappa shape index (κ2) is 9.11. The van der Waals surface area contributed by atoms with E-state index in [0.717, 1.165) is 17.9 Å². The number of amides is 2. The van der Waals surface area contributed by atoms with Crippen LogP contribution in [0.2, 0.25) is 0 Å². The maximum Gasteiger partial charge on any atom is 0.317 e. The highest BCUT2D eigenvalue weighted by Gasteiger charge is 2.42. The van der Waals surface area contributed by atoms with Gasteiger partial charge in [0, 0.05) is 25.4 Å². The fourth-order valence-corrected chi connectivity index (χ4v) is 5.05. The van der Waals surface area contributed by atoms with E-state index in [1.54, 1.807) is 0 Å². The average molecular weight is 379 g/mol. The molecule has 1 saturated carbocycles. The van der Waals surface area contributed by atoms with Crippen LogP contribution in [-0.2, 0) is 5.75 Å². The van der Waals surface area contributed by atoms with E-state index in [9.17, 15) is 15.0 Å². The van der Waals surface area contributed by atoms with Crippen LogP contribution in [0.15, 0.2) is 24.3 Å². The number of aliphatic hydroxyl groups excluding tert-OH is 2. The molecule has 2 fully saturated rings. The minimum absolute atomic E-state index is 0.00714. The average Bonchev–Trinajstić information content (AvgIpc) is 3.02. The van der Waals surface area contributed by atoms with Crippen molar-refractivity contribution in [1.29, 1.82) is 0 Å². The number of thioether (sulfide) groups is 1. The van der Waals surface area contributed by atoms with Crippen LogP contribution in [-0.4, -0.2) is 58.7 Å². The number of urea groups is 1. The van der Waals surface area contributed by atoms with E-state index >= 15 is 0 Å². The summed E-state index contributed by atoms with van der Waals surface area (Å²) in [7, 11) is 0. The van der Waals surface area contributed by atoms with E-state index in [-0.39, 0.29) is 6.03 Å². The Morgan fingerprint density at radius 2 is 1.85 bits per heavy atom. The van der Waals surface area contributed by atoms with Gasteiger partial charge in [0.1, 0.15) is 0 Å². The highest BCUT2D eigenvalue weighted by atomic mass is 32.2. The lowest BCUT2D eigenvalue weighted by Gasteiger charge is -2.31. The molecule has 0 radical (unpaired) electrons. The molecule has 0 bridgehead atoms. The van der Waals surface area contributed by atoms with Crippen molar-refractivity contribution in [2.24, 2.45) is 11.8 Å². The summed E-state index contributed by atoms with van der Waals surface area (Å²) in [6, 6.07) is 8.45. The normalized spacial score (nSPS) is 28.0. The summed E-state index contributed by atoms with van der Waals surface area (Å²) in [5.41, 5.74) is 2.71. The van der Waals surface area contributed by atoms with Gasteiger partial charge in [0.05, 0.1) is 12.2 Å². The molecule has 0 aromatic heterocycles. The Hall–Kier alpha value is -1.24. The molecule has 144 valence electrons. The maximum absolute atomic E-state index is 12.3. The van der Waals surface area contributed by atoms with Crippen LogP contribution < -0.4 is 5.32 Å². The second-order valence-corrected chi connectivity index (χ2v) is 8.70. The summed E-state index contributed by atoms with van der Waals surface area (Å²) >= 11 is 1.90. The van der Waals surface area contributed by atoms with Gasteiger partial charge in [-0.25, -0.2) is 4.79 Å².